The minimum atomic E-state index is -0.0198. The van der Waals surface area contributed by atoms with Crippen LogP contribution < -0.4 is 4.74 Å². The molecule has 1 aliphatic carbocycles. The highest BCUT2D eigenvalue weighted by Crippen LogP contribution is 2.34. The lowest BCUT2D eigenvalue weighted by Crippen LogP contribution is -2.25. The number of carbonyl (C=O) groups is 1. The second kappa shape index (κ2) is 5.40. The molecule has 0 bridgehead atoms. The van der Waals surface area contributed by atoms with Gasteiger partial charge in [-0.2, -0.15) is 0 Å². The fraction of sp³-hybridized carbons (Fsp3) is 0.462. The molecule has 0 amide bonds. The minimum absolute atomic E-state index is 0.0198. The van der Waals surface area contributed by atoms with E-state index >= 15 is 0 Å². The number of benzene rings is 1. The molecule has 0 heterocycles. The summed E-state index contributed by atoms with van der Waals surface area (Å²) >= 11 is 9.54. The summed E-state index contributed by atoms with van der Waals surface area (Å²) in [6, 6.07) is 3.78. The predicted octanol–water partition coefficient (Wildman–Crippen LogP) is 4.30. The van der Waals surface area contributed by atoms with Crippen LogP contribution in [0.5, 0.6) is 5.75 Å². The van der Waals surface area contributed by atoms with Gasteiger partial charge < -0.3 is 4.74 Å². The maximum absolute atomic E-state index is 11.4. The van der Waals surface area contributed by atoms with Gasteiger partial charge in [-0.1, -0.05) is 27.5 Å². The van der Waals surface area contributed by atoms with Crippen LogP contribution in [-0.2, 0) is 4.79 Å². The van der Waals surface area contributed by atoms with Gasteiger partial charge in [-0.3, -0.25) is 4.79 Å². The first-order chi connectivity index (χ1) is 8.06. The van der Waals surface area contributed by atoms with Crippen molar-refractivity contribution >= 4 is 33.3 Å². The van der Waals surface area contributed by atoms with Gasteiger partial charge in [-0.25, -0.2) is 0 Å². The molecule has 92 valence electrons. The third-order valence-corrected chi connectivity index (χ3v) is 3.65. The Kier molecular flexibility index (Phi) is 4.10. The van der Waals surface area contributed by atoms with Gasteiger partial charge in [0.1, 0.15) is 17.6 Å². The number of hydrogen-bond acceptors (Lipinski definition) is 2. The number of carbonyl (C=O) groups excluding carboxylic acids is 1. The first-order valence-corrected chi connectivity index (χ1v) is 6.87. The molecule has 0 spiro atoms. The SMILES string of the molecule is Cc1cc(Br)cc(Cl)c1OC1CCCC(=O)C1. The second-order valence-corrected chi connectivity index (χ2v) is 5.73. The second-order valence-electron chi connectivity index (χ2n) is 4.41. The van der Waals surface area contributed by atoms with Crippen molar-refractivity contribution in [2.45, 2.75) is 38.7 Å². The Bertz CT molecular complexity index is 422. The molecule has 1 aliphatic rings. The van der Waals surface area contributed by atoms with Crippen molar-refractivity contribution in [1.82, 2.24) is 0 Å². The van der Waals surface area contributed by atoms with Gasteiger partial charge in [-0.05, 0) is 37.5 Å². The fourth-order valence-electron chi connectivity index (χ4n) is 2.09. The van der Waals surface area contributed by atoms with Crippen LogP contribution in [0.2, 0.25) is 5.02 Å². The van der Waals surface area contributed by atoms with E-state index in [9.17, 15) is 4.79 Å². The topological polar surface area (TPSA) is 26.3 Å². The largest absolute Gasteiger partial charge is 0.488 e. The van der Waals surface area contributed by atoms with E-state index in [4.69, 9.17) is 16.3 Å². The molecular formula is C13H14BrClO2. The van der Waals surface area contributed by atoms with Gasteiger partial charge in [0.25, 0.3) is 0 Å². The zero-order valence-corrected chi connectivity index (χ0v) is 12.0. The Labute approximate surface area is 114 Å². The minimum Gasteiger partial charge on any atom is -0.488 e. The van der Waals surface area contributed by atoms with E-state index in [0.717, 1.165) is 22.9 Å². The van der Waals surface area contributed by atoms with E-state index in [1.54, 1.807) is 0 Å². The first-order valence-electron chi connectivity index (χ1n) is 5.70. The lowest BCUT2D eigenvalue weighted by molar-refractivity contribution is -0.122. The van der Waals surface area contributed by atoms with Crippen LogP contribution in [0.3, 0.4) is 0 Å². The summed E-state index contributed by atoms with van der Waals surface area (Å²) < 4.78 is 6.81. The normalized spacial score (nSPS) is 20.4. The summed E-state index contributed by atoms with van der Waals surface area (Å²) in [6.45, 7) is 1.95. The van der Waals surface area contributed by atoms with E-state index in [-0.39, 0.29) is 11.9 Å². The molecule has 1 unspecified atom stereocenters. The highest BCUT2D eigenvalue weighted by atomic mass is 79.9. The molecule has 0 saturated heterocycles. The van der Waals surface area contributed by atoms with Crippen molar-refractivity contribution in [3.8, 4) is 5.75 Å². The molecule has 1 atom stereocenters. The molecule has 4 heteroatoms. The Morgan fingerprint density at radius 2 is 2.24 bits per heavy atom. The number of ketones is 1. The number of ether oxygens (including phenoxy) is 1. The molecule has 0 aromatic heterocycles. The lowest BCUT2D eigenvalue weighted by Gasteiger charge is -2.23. The molecule has 2 nitrogen and oxygen atoms in total. The van der Waals surface area contributed by atoms with Crippen LogP contribution in [0.15, 0.2) is 16.6 Å². The van der Waals surface area contributed by atoms with E-state index in [2.05, 4.69) is 15.9 Å². The predicted molar refractivity (Wildman–Crippen MR) is 71.8 cm³/mol. The van der Waals surface area contributed by atoms with Crippen LogP contribution >= 0.6 is 27.5 Å². The van der Waals surface area contributed by atoms with Gasteiger partial charge >= 0.3 is 0 Å². The molecular weight excluding hydrogens is 303 g/mol. The number of aryl methyl sites for hydroxylation is 1. The molecule has 1 saturated carbocycles. The van der Waals surface area contributed by atoms with Crippen molar-refractivity contribution in [2.75, 3.05) is 0 Å². The average molecular weight is 318 g/mol. The molecule has 17 heavy (non-hydrogen) atoms. The summed E-state index contributed by atoms with van der Waals surface area (Å²) in [5.74, 6) is 0.988. The van der Waals surface area contributed by atoms with Crippen LogP contribution in [0, 0.1) is 6.92 Å². The Hall–Kier alpha value is -0.540. The van der Waals surface area contributed by atoms with Gasteiger partial charge in [0, 0.05) is 17.3 Å². The van der Waals surface area contributed by atoms with Crippen molar-refractivity contribution in [3.05, 3.63) is 27.2 Å². The molecule has 0 aliphatic heterocycles. The van der Waals surface area contributed by atoms with Crippen molar-refractivity contribution in [2.24, 2.45) is 0 Å². The number of halogens is 2. The molecule has 0 N–H and O–H groups in total. The fourth-order valence-corrected chi connectivity index (χ4v) is 3.11. The Balaban J connectivity index is 2.15. The van der Waals surface area contributed by atoms with Crippen molar-refractivity contribution in [3.63, 3.8) is 0 Å². The quantitative estimate of drug-likeness (QED) is 0.813. The standard InChI is InChI=1S/C13H14BrClO2/c1-8-5-9(14)6-12(15)13(8)17-11-4-2-3-10(16)7-11/h5-6,11H,2-4,7H2,1H3. The lowest BCUT2D eigenvalue weighted by atomic mass is 9.96. The third kappa shape index (κ3) is 3.23. The molecule has 1 aromatic rings. The van der Waals surface area contributed by atoms with Crippen LogP contribution in [-0.4, -0.2) is 11.9 Å². The van der Waals surface area contributed by atoms with Crippen molar-refractivity contribution in [1.29, 1.82) is 0 Å². The number of rotatable bonds is 2. The number of hydrogen-bond donors (Lipinski definition) is 0. The highest BCUT2D eigenvalue weighted by Gasteiger charge is 2.22. The average Bonchev–Trinajstić information content (AvgIpc) is 2.23. The molecule has 0 radical (unpaired) electrons. The molecule has 2 rings (SSSR count). The van der Waals surface area contributed by atoms with Crippen LogP contribution in [0.1, 0.15) is 31.2 Å². The van der Waals surface area contributed by atoms with Gasteiger partial charge in [0.2, 0.25) is 0 Å². The summed E-state index contributed by atoms with van der Waals surface area (Å²) in [6.07, 6.45) is 3.01. The smallest absolute Gasteiger partial charge is 0.141 e. The van der Waals surface area contributed by atoms with Crippen LogP contribution in [0.25, 0.3) is 0 Å². The van der Waals surface area contributed by atoms with Gasteiger partial charge in [0.05, 0.1) is 5.02 Å². The zero-order valence-electron chi connectivity index (χ0n) is 9.63. The van der Waals surface area contributed by atoms with E-state index in [1.165, 1.54) is 0 Å². The highest BCUT2D eigenvalue weighted by molar-refractivity contribution is 9.10. The molecule has 1 aromatic carbocycles. The number of Topliss-reactive ketones (excluding diaryl/α,β-unsaturated/α-hetero) is 1. The van der Waals surface area contributed by atoms with E-state index < -0.39 is 0 Å². The van der Waals surface area contributed by atoms with Gasteiger partial charge in [-0.15, -0.1) is 0 Å². The summed E-state index contributed by atoms with van der Waals surface area (Å²) in [5.41, 5.74) is 0.988. The first kappa shape index (κ1) is 12.9. The van der Waals surface area contributed by atoms with E-state index in [1.807, 2.05) is 19.1 Å². The molecule has 1 fully saturated rings. The maximum Gasteiger partial charge on any atom is 0.141 e. The summed E-state index contributed by atoms with van der Waals surface area (Å²) in [7, 11) is 0. The summed E-state index contributed by atoms with van der Waals surface area (Å²) in [4.78, 5) is 11.4. The van der Waals surface area contributed by atoms with Gasteiger partial charge in [0.15, 0.2) is 0 Å². The van der Waals surface area contributed by atoms with E-state index in [0.29, 0.717) is 23.6 Å². The Morgan fingerprint density at radius 3 is 2.88 bits per heavy atom. The summed E-state index contributed by atoms with van der Waals surface area (Å²) in [5, 5.41) is 0.592. The Morgan fingerprint density at radius 1 is 1.47 bits per heavy atom. The monoisotopic (exact) mass is 316 g/mol. The van der Waals surface area contributed by atoms with Crippen LogP contribution in [0.4, 0.5) is 0 Å². The third-order valence-electron chi connectivity index (χ3n) is 2.92. The van der Waals surface area contributed by atoms with Crippen molar-refractivity contribution < 1.29 is 9.53 Å². The zero-order chi connectivity index (χ0) is 12.4. The maximum atomic E-state index is 11.4.